The van der Waals surface area contributed by atoms with Gasteiger partial charge in [-0.3, -0.25) is 0 Å². The predicted molar refractivity (Wildman–Crippen MR) is 67.8 cm³/mol. The van der Waals surface area contributed by atoms with Gasteiger partial charge in [0.1, 0.15) is 5.75 Å². The van der Waals surface area contributed by atoms with Gasteiger partial charge in [-0.1, -0.05) is 42.5 Å². The van der Waals surface area contributed by atoms with Crippen LogP contribution in [0, 0.1) is 0 Å². The van der Waals surface area contributed by atoms with Gasteiger partial charge in [-0.05, 0) is 36.1 Å². The monoisotopic (exact) mass is 228 g/mol. The third kappa shape index (κ3) is 3.33. The minimum absolute atomic E-state index is 0.196. The van der Waals surface area contributed by atoms with Gasteiger partial charge in [0, 0.05) is 0 Å². The molecule has 2 heteroatoms. The van der Waals surface area contributed by atoms with Crippen molar-refractivity contribution in [2.45, 2.75) is 18.9 Å². The number of aliphatic hydroxyl groups is 1. The topological polar surface area (TPSA) is 40.5 Å². The van der Waals surface area contributed by atoms with E-state index in [1.54, 1.807) is 18.2 Å². The van der Waals surface area contributed by atoms with Gasteiger partial charge in [-0.2, -0.15) is 0 Å². The standard InChI is InChI=1S/C15H16O2/c16-14-8-4-7-13(11-14)15(17)10-9-12-5-2-1-3-6-12/h1-8,11,15-17H,9-10H2/t15-/m1/s1. The molecular weight excluding hydrogens is 212 g/mol. The number of aromatic hydroxyl groups is 1. The van der Waals surface area contributed by atoms with Crippen LogP contribution in [0.15, 0.2) is 54.6 Å². The number of aryl methyl sites for hydroxylation is 1. The molecule has 0 aliphatic carbocycles. The van der Waals surface area contributed by atoms with Gasteiger partial charge in [-0.25, -0.2) is 0 Å². The molecule has 1 atom stereocenters. The Kier molecular flexibility index (Phi) is 3.78. The van der Waals surface area contributed by atoms with E-state index in [0.717, 1.165) is 12.0 Å². The summed E-state index contributed by atoms with van der Waals surface area (Å²) in [4.78, 5) is 0. The van der Waals surface area contributed by atoms with Crippen molar-refractivity contribution < 1.29 is 10.2 Å². The summed E-state index contributed by atoms with van der Waals surface area (Å²) in [5.41, 5.74) is 1.98. The first-order chi connectivity index (χ1) is 8.25. The van der Waals surface area contributed by atoms with Crippen molar-refractivity contribution in [2.24, 2.45) is 0 Å². The van der Waals surface area contributed by atoms with Crippen LogP contribution in [0.4, 0.5) is 0 Å². The Morgan fingerprint density at radius 2 is 1.71 bits per heavy atom. The van der Waals surface area contributed by atoms with Crippen molar-refractivity contribution in [3.05, 3.63) is 65.7 Å². The molecule has 0 saturated heterocycles. The van der Waals surface area contributed by atoms with Crippen LogP contribution in [-0.2, 0) is 6.42 Å². The largest absolute Gasteiger partial charge is 0.508 e. The summed E-state index contributed by atoms with van der Waals surface area (Å²) in [6.45, 7) is 0. The van der Waals surface area contributed by atoms with E-state index in [9.17, 15) is 10.2 Å². The molecule has 0 bridgehead atoms. The summed E-state index contributed by atoms with van der Waals surface area (Å²) in [5, 5.41) is 19.3. The van der Waals surface area contributed by atoms with Gasteiger partial charge in [0.25, 0.3) is 0 Å². The van der Waals surface area contributed by atoms with Crippen molar-refractivity contribution in [3.8, 4) is 5.75 Å². The van der Waals surface area contributed by atoms with Crippen LogP contribution < -0.4 is 0 Å². The lowest BCUT2D eigenvalue weighted by atomic mass is 10.0. The number of rotatable bonds is 4. The molecule has 0 unspecified atom stereocenters. The molecule has 0 aliphatic rings. The zero-order valence-corrected chi connectivity index (χ0v) is 9.58. The molecule has 0 saturated carbocycles. The smallest absolute Gasteiger partial charge is 0.115 e. The molecular formula is C15H16O2. The van der Waals surface area contributed by atoms with Gasteiger partial charge < -0.3 is 10.2 Å². The average Bonchev–Trinajstić information content (AvgIpc) is 2.37. The molecule has 0 fully saturated rings. The molecule has 2 rings (SSSR count). The van der Waals surface area contributed by atoms with Crippen molar-refractivity contribution in [1.29, 1.82) is 0 Å². The van der Waals surface area contributed by atoms with Crippen LogP contribution in [0.3, 0.4) is 0 Å². The van der Waals surface area contributed by atoms with E-state index in [-0.39, 0.29) is 5.75 Å². The Morgan fingerprint density at radius 1 is 0.941 bits per heavy atom. The lowest BCUT2D eigenvalue weighted by molar-refractivity contribution is 0.167. The van der Waals surface area contributed by atoms with Gasteiger partial charge in [0.15, 0.2) is 0 Å². The van der Waals surface area contributed by atoms with Crippen LogP contribution in [0.1, 0.15) is 23.7 Å². The third-order valence-corrected chi connectivity index (χ3v) is 2.80. The quantitative estimate of drug-likeness (QED) is 0.844. The maximum Gasteiger partial charge on any atom is 0.115 e. The maximum absolute atomic E-state index is 10.00. The fourth-order valence-corrected chi connectivity index (χ4v) is 1.85. The predicted octanol–water partition coefficient (Wildman–Crippen LogP) is 3.06. The molecule has 0 radical (unpaired) electrons. The minimum Gasteiger partial charge on any atom is -0.508 e. The van der Waals surface area contributed by atoms with E-state index in [1.807, 2.05) is 24.3 Å². The van der Waals surface area contributed by atoms with Crippen LogP contribution in [-0.4, -0.2) is 10.2 Å². The van der Waals surface area contributed by atoms with Crippen LogP contribution in [0.25, 0.3) is 0 Å². The first-order valence-electron chi connectivity index (χ1n) is 5.76. The summed E-state index contributed by atoms with van der Waals surface area (Å²) in [6, 6.07) is 16.9. The Bertz CT molecular complexity index is 465. The molecule has 0 amide bonds. The molecule has 2 aromatic rings. The molecule has 0 aromatic heterocycles. The highest BCUT2D eigenvalue weighted by Gasteiger charge is 2.07. The van der Waals surface area contributed by atoms with E-state index >= 15 is 0 Å². The minimum atomic E-state index is -0.526. The summed E-state index contributed by atoms with van der Waals surface area (Å²) < 4.78 is 0. The lowest BCUT2D eigenvalue weighted by Gasteiger charge is -2.11. The molecule has 88 valence electrons. The molecule has 0 spiro atoms. The number of aliphatic hydroxyl groups excluding tert-OH is 1. The van der Waals surface area contributed by atoms with Crippen molar-refractivity contribution in [1.82, 2.24) is 0 Å². The van der Waals surface area contributed by atoms with Gasteiger partial charge in [0.2, 0.25) is 0 Å². The van der Waals surface area contributed by atoms with E-state index in [2.05, 4.69) is 12.1 Å². The average molecular weight is 228 g/mol. The number of phenolic OH excluding ortho intramolecular Hbond substituents is 1. The van der Waals surface area contributed by atoms with Gasteiger partial charge in [-0.15, -0.1) is 0 Å². The molecule has 17 heavy (non-hydrogen) atoms. The maximum atomic E-state index is 10.00. The number of phenols is 1. The summed E-state index contributed by atoms with van der Waals surface area (Å²) >= 11 is 0. The van der Waals surface area contributed by atoms with Crippen molar-refractivity contribution >= 4 is 0 Å². The number of hydrogen-bond donors (Lipinski definition) is 2. The van der Waals surface area contributed by atoms with Gasteiger partial charge in [0.05, 0.1) is 6.10 Å². The van der Waals surface area contributed by atoms with Crippen molar-refractivity contribution in [3.63, 3.8) is 0 Å². The second kappa shape index (κ2) is 5.51. The highest BCUT2D eigenvalue weighted by molar-refractivity contribution is 5.28. The fourth-order valence-electron chi connectivity index (χ4n) is 1.85. The first-order valence-corrected chi connectivity index (χ1v) is 5.76. The molecule has 2 nitrogen and oxygen atoms in total. The second-order valence-electron chi connectivity index (χ2n) is 4.14. The SMILES string of the molecule is Oc1cccc([C@H](O)CCc2ccccc2)c1. The Balaban J connectivity index is 1.96. The molecule has 0 aliphatic heterocycles. The van der Waals surface area contributed by atoms with E-state index in [0.29, 0.717) is 6.42 Å². The van der Waals surface area contributed by atoms with Crippen LogP contribution in [0.2, 0.25) is 0 Å². The van der Waals surface area contributed by atoms with E-state index in [1.165, 1.54) is 5.56 Å². The summed E-state index contributed by atoms with van der Waals surface area (Å²) in [5.74, 6) is 0.196. The molecule has 2 aromatic carbocycles. The fraction of sp³-hybridized carbons (Fsp3) is 0.200. The number of hydrogen-bond acceptors (Lipinski definition) is 2. The Morgan fingerprint density at radius 3 is 2.41 bits per heavy atom. The number of benzene rings is 2. The zero-order chi connectivity index (χ0) is 12.1. The highest BCUT2D eigenvalue weighted by atomic mass is 16.3. The van der Waals surface area contributed by atoms with Crippen molar-refractivity contribution in [2.75, 3.05) is 0 Å². The molecule has 2 N–H and O–H groups in total. The Labute approximate surface area is 101 Å². The molecule has 0 heterocycles. The van der Waals surface area contributed by atoms with Gasteiger partial charge >= 0.3 is 0 Å². The summed E-state index contributed by atoms with van der Waals surface area (Å²) in [7, 11) is 0. The lowest BCUT2D eigenvalue weighted by Crippen LogP contribution is -1.99. The highest BCUT2D eigenvalue weighted by Crippen LogP contribution is 2.22. The summed E-state index contributed by atoms with van der Waals surface area (Å²) in [6.07, 6.45) is 0.966. The third-order valence-electron chi connectivity index (χ3n) is 2.80. The van der Waals surface area contributed by atoms with Crippen LogP contribution in [0.5, 0.6) is 5.75 Å². The Hall–Kier alpha value is -1.80. The van der Waals surface area contributed by atoms with Crippen LogP contribution >= 0.6 is 0 Å². The second-order valence-corrected chi connectivity index (χ2v) is 4.14. The normalized spacial score (nSPS) is 12.3. The van der Waals surface area contributed by atoms with E-state index < -0.39 is 6.10 Å². The first kappa shape index (κ1) is 11.7. The zero-order valence-electron chi connectivity index (χ0n) is 9.58. The van der Waals surface area contributed by atoms with E-state index in [4.69, 9.17) is 0 Å².